The molecule has 2 rings (SSSR count). The van der Waals surface area contributed by atoms with Crippen molar-refractivity contribution in [2.45, 2.75) is 31.0 Å². The molecule has 2 aliphatic heterocycles. The molecular formula is C12H19F2N2O13P3. The Hall–Kier alpha value is -1.06. The molecule has 0 saturated carbocycles. The summed E-state index contributed by atoms with van der Waals surface area (Å²) in [4.78, 5) is 48.0. The molecule has 0 aromatic carbocycles. The molecule has 3 unspecified atom stereocenters. The van der Waals surface area contributed by atoms with E-state index in [4.69, 9.17) is 19.4 Å². The second-order valence-corrected chi connectivity index (χ2v) is 11.0. The van der Waals surface area contributed by atoms with Gasteiger partial charge in [-0.2, -0.15) is 8.62 Å². The Balaban J connectivity index is 2.16. The van der Waals surface area contributed by atoms with Gasteiger partial charge >= 0.3 is 23.5 Å². The average molecular weight is 530 g/mol. The maximum absolute atomic E-state index is 14.8. The number of rotatable bonds is 9. The van der Waals surface area contributed by atoms with Crippen molar-refractivity contribution in [1.82, 2.24) is 10.2 Å². The van der Waals surface area contributed by atoms with Gasteiger partial charge < -0.3 is 39.6 Å². The van der Waals surface area contributed by atoms with Crippen LogP contribution in [0.5, 0.6) is 0 Å². The van der Waals surface area contributed by atoms with E-state index in [2.05, 4.69) is 25.0 Å². The van der Waals surface area contributed by atoms with Gasteiger partial charge in [0.25, 0.3) is 5.91 Å². The molecule has 184 valence electrons. The summed E-state index contributed by atoms with van der Waals surface area (Å²) in [5, 5.41) is 12.7. The molecule has 1 amide bonds. The summed E-state index contributed by atoms with van der Waals surface area (Å²) >= 11 is 0. The van der Waals surface area contributed by atoms with Crippen molar-refractivity contribution in [1.29, 1.82) is 0 Å². The van der Waals surface area contributed by atoms with Crippen LogP contribution in [0.15, 0.2) is 24.2 Å². The second kappa shape index (κ2) is 9.29. The minimum Gasteiger partial charge on any atom is -0.379 e. The van der Waals surface area contributed by atoms with Crippen LogP contribution in [0, 0.1) is 0 Å². The van der Waals surface area contributed by atoms with E-state index in [0.29, 0.717) is 0 Å². The summed E-state index contributed by atoms with van der Waals surface area (Å²) in [6.07, 6.45) is -5.29. The molecule has 15 nitrogen and oxygen atoms in total. The molecule has 0 bridgehead atoms. The lowest BCUT2D eigenvalue weighted by molar-refractivity contribution is -0.131. The third-order valence-corrected chi connectivity index (χ3v) is 7.88. The van der Waals surface area contributed by atoms with Gasteiger partial charge in [0.2, 0.25) is 0 Å². The van der Waals surface area contributed by atoms with Gasteiger partial charge in [0.1, 0.15) is 18.6 Å². The lowest BCUT2D eigenvalue weighted by atomic mass is 9.96. The summed E-state index contributed by atoms with van der Waals surface area (Å²) in [5.41, 5.74) is -2.80. The maximum atomic E-state index is 14.8. The first-order valence-corrected chi connectivity index (χ1v) is 12.8. The average Bonchev–Trinajstić information content (AvgIpc) is 2.85. The standard InChI is InChI=1S/C12H19F2N2O13P3/c1-6-3-16(7(2)15-10(6)17)11-12(18,5-13)9(14)8(27-11)4-26-31(22,23)29-32(24,25)28-30(19,20)21/h3,8-9,11,18H,2,4-5H2,1H3,(H,15,17)(H,22,23)(H,24,25)(H2,19,20,21)/t8-,9+,11-,12?/m1/s1. The van der Waals surface area contributed by atoms with Gasteiger partial charge in [-0.15, -0.1) is 0 Å². The number of alkyl halides is 2. The number of hydrogen-bond acceptors (Lipinski definition) is 10. The molecule has 0 aliphatic carbocycles. The Bertz CT molecular complexity index is 956. The third kappa shape index (κ3) is 6.29. The Kier molecular flexibility index (Phi) is 7.90. The highest BCUT2D eigenvalue weighted by atomic mass is 31.3. The van der Waals surface area contributed by atoms with Gasteiger partial charge in [-0.1, -0.05) is 6.58 Å². The molecule has 2 heterocycles. The van der Waals surface area contributed by atoms with Crippen LogP contribution in [0.3, 0.4) is 0 Å². The highest BCUT2D eigenvalue weighted by molar-refractivity contribution is 7.66. The predicted octanol–water partition coefficient (Wildman–Crippen LogP) is -0.0999. The number of amides is 1. The Morgan fingerprint density at radius 2 is 1.84 bits per heavy atom. The molecule has 6 N–H and O–H groups in total. The monoisotopic (exact) mass is 530 g/mol. The predicted molar refractivity (Wildman–Crippen MR) is 97.2 cm³/mol. The van der Waals surface area contributed by atoms with Gasteiger partial charge in [-0.25, -0.2) is 22.5 Å². The zero-order chi connectivity index (χ0) is 24.7. The van der Waals surface area contributed by atoms with Crippen LogP contribution in [0.1, 0.15) is 6.92 Å². The van der Waals surface area contributed by atoms with Crippen LogP contribution in [0.2, 0.25) is 0 Å². The van der Waals surface area contributed by atoms with Crippen molar-refractivity contribution >= 4 is 29.4 Å². The molecule has 0 aromatic rings. The number of carbonyl (C=O) groups is 1. The number of nitrogens with one attached hydrogen (secondary N) is 1. The van der Waals surface area contributed by atoms with Gasteiger partial charge in [-0.3, -0.25) is 9.32 Å². The molecular weight excluding hydrogens is 511 g/mol. The quantitative estimate of drug-likeness (QED) is 0.214. The Morgan fingerprint density at radius 1 is 1.25 bits per heavy atom. The molecule has 20 heteroatoms. The zero-order valence-corrected chi connectivity index (χ0v) is 18.7. The zero-order valence-electron chi connectivity index (χ0n) is 16.0. The smallest absolute Gasteiger partial charge is 0.379 e. The molecule has 0 spiro atoms. The van der Waals surface area contributed by atoms with Gasteiger partial charge in [-0.05, 0) is 6.92 Å². The number of ether oxygens (including phenoxy) is 1. The van der Waals surface area contributed by atoms with Crippen LogP contribution in [0.25, 0.3) is 0 Å². The van der Waals surface area contributed by atoms with Crippen molar-refractivity contribution < 1.29 is 69.8 Å². The van der Waals surface area contributed by atoms with E-state index >= 15 is 0 Å². The van der Waals surface area contributed by atoms with Crippen LogP contribution < -0.4 is 5.32 Å². The number of aliphatic hydroxyl groups is 1. The number of phosphoric ester groups is 1. The molecule has 6 atom stereocenters. The minimum absolute atomic E-state index is 0.0642. The molecule has 1 saturated heterocycles. The Labute approximate surface area is 178 Å². The number of phosphoric acid groups is 3. The number of hydrogen-bond donors (Lipinski definition) is 6. The highest BCUT2D eigenvalue weighted by Gasteiger charge is 2.60. The van der Waals surface area contributed by atoms with E-state index < -0.39 is 66.8 Å². The summed E-state index contributed by atoms with van der Waals surface area (Å²) in [6.45, 7) is 1.84. The van der Waals surface area contributed by atoms with E-state index in [1.807, 2.05) is 0 Å². The fraction of sp³-hybridized carbons (Fsp3) is 0.583. The van der Waals surface area contributed by atoms with E-state index in [1.165, 1.54) is 6.92 Å². The first-order chi connectivity index (χ1) is 14.4. The van der Waals surface area contributed by atoms with Crippen LogP contribution in [-0.2, 0) is 36.4 Å². The summed E-state index contributed by atoms with van der Waals surface area (Å²) in [7, 11) is -17.0. The van der Waals surface area contributed by atoms with E-state index in [9.17, 15) is 37.3 Å². The fourth-order valence-corrected chi connectivity index (χ4v) is 5.73. The lowest BCUT2D eigenvalue weighted by Gasteiger charge is -2.38. The largest absolute Gasteiger partial charge is 0.490 e. The first-order valence-electron chi connectivity index (χ1n) is 8.24. The molecule has 32 heavy (non-hydrogen) atoms. The van der Waals surface area contributed by atoms with E-state index in [1.54, 1.807) is 0 Å². The third-order valence-electron chi connectivity index (χ3n) is 4.08. The topological polar surface area (TPSA) is 222 Å². The van der Waals surface area contributed by atoms with Crippen molar-refractivity contribution in [3.63, 3.8) is 0 Å². The van der Waals surface area contributed by atoms with Gasteiger partial charge in [0.15, 0.2) is 18.0 Å². The van der Waals surface area contributed by atoms with Crippen LogP contribution >= 0.6 is 23.5 Å². The molecule has 0 radical (unpaired) electrons. The molecule has 1 fully saturated rings. The fourth-order valence-electron chi connectivity index (χ4n) is 2.70. The normalized spacial score (nSPS) is 32.8. The van der Waals surface area contributed by atoms with Crippen molar-refractivity contribution in [2.24, 2.45) is 0 Å². The van der Waals surface area contributed by atoms with Crippen molar-refractivity contribution in [3.8, 4) is 0 Å². The van der Waals surface area contributed by atoms with Crippen LogP contribution in [-0.4, -0.2) is 72.9 Å². The van der Waals surface area contributed by atoms with Crippen molar-refractivity contribution in [3.05, 3.63) is 24.2 Å². The summed E-state index contributed by atoms with van der Waals surface area (Å²) < 4.78 is 78.5. The maximum Gasteiger partial charge on any atom is 0.490 e. The number of nitrogens with zero attached hydrogens (tertiary/aromatic N) is 1. The van der Waals surface area contributed by atoms with E-state index in [-0.39, 0.29) is 11.4 Å². The van der Waals surface area contributed by atoms with Crippen LogP contribution in [0.4, 0.5) is 8.78 Å². The minimum atomic E-state index is -5.81. The van der Waals surface area contributed by atoms with E-state index in [0.717, 1.165) is 11.1 Å². The van der Waals surface area contributed by atoms with Gasteiger partial charge in [0.05, 0.1) is 6.61 Å². The van der Waals surface area contributed by atoms with Crippen molar-refractivity contribution in [2.75, 3.05) is 13.3 Å². The number of carbonyl (C=O) groups excluding carboxylic acids is 1. The summed E-state index contributed by atoms with van der Waals surface area (Å²) in [5.74, 6) is -0.785. The lowest BCUT2D eigenvalue weighted by Crippen LogP contribution is -2.56. The van der Waals surface area contributed by atoms with Gasteiger partial charge in [0, 0.05) is 11.8 Å². The highest BCUT2D eigenvalue weighted by Crippen LogP contribution is 2.66. The Morgan fingerprint density at radius 3 is 2.38 bits per heavy atom. The summed E-state index contributed by atoms with van der Waals surface area (Å²) in [6, 6.07) is 0. The SMILES string of the molecule is C=C1NC(=O)C(C)=CN1[C@@H]1O[C@H](COP(=O)(O)OP(=O)(O)OP(=O)(O)O)[C@H](F)C1(O)CF. The molecule has 2 aliphatic rings. The first kappa shape index (κ1) is 27.2. The molecule has 0 aromatic heterocycles. The number of halogens is 2. The second-order valence-electron chi connectivity index (χ2n) is 6.56.